The minimum Gasteiger partial charge on any atom is -0.497 e. The number of nitrogens with zero attached hydrogens (tertiary/aromatic N) is 2. The summed E-state index contributed by atoms with van der Waals surface area (Å²) < 4.78 is 5.35. The molecule has 2 saturated heterocycles. The van der Waals surface area contributed by atoms with Crippen molar-refractivity contribution in [3.05, 3.63) is 48.7 Å². The maximum absolute atomic E-state index is 11.2. The summed E-state index contributed by atoms with van der Waals surface area (Å²) in [5.74, 6) is 2.10. The monoisotopic (exact) mass is 322 g/mol. The molecule has 1 aromatic heterocycles. The molecule has 0 bridgehead atoms. The van der Waals surface area contributed by atoms with Gasteiger partial charge in [0, 0.05) is 17.1 Å². The number of hydrogen-bond donors (Lipinski definition) is 1. The Morgan fingerprint density at radius 3 is 3.12 bits per heavy atom. The first-order chi connectivity index (χ1) is 11.7. The van der Waals surface area contributed by atoms with E-state index in [2.05, 4.69) is 22.5 Å². The first-order valence-corrected chi connectivity index (χ1v) is 8.70. The summed E-state index contributed by atoms with van der Waals surface area (Å²) in [5.41, 5.74) is 2.10. The van der Waals surface area contributed by atoms with Gasteiger partial charge in [0.05, 0.1) is 24.8 Å². The summed E-state index contributed by atoms with van der Waals surface area (Å²) in [4.78, 5) is 6.94. The Hall–Kier alpha value is -1.91. The van der Waals surface area contributed by atoms with Crippen molar-refractivity contribution >= 4 is 10.9 Å². The Balaban J connectivity index is 1.52. The van der Waals surface area contributed by atoms with E-state index in [4.69, 9.17) is 4.74 Å². The van der Waals surface area contributed by atoms with Gasteiger partial charge in [0.1, 0.15) is 5.75 Å². The first kappa shape index (κ1) is 14.4. The molecule has 0 amide bonds. The van der Waals surface area contributed by atoms with E-state index in [1.807, 2.05) is 24.3 Å². The average Bonchev–Trinajstić information content (AvgIpc) is 3.19. The second-order valence-electron chi connectivity index (χ2n) is 7.36. The van der Waals surface area contributed by atoms with E-state index >= 15 is 0 Å². The van der Waals surface area contributed by atoms with Gasteiger partial charge in [-0.2, -0.15) is 0 Å². The number of allylic oxidation sites excluding steroid dienone is 1. The van der Waals surface area contributed by atoms with E-state index < -0.39 is 6.10 Å². The van der Waals surface area contributed by atoms with Gasteiger partial charge in [0.2, 0.25) is 0 Å². The second-order valence-corrected chi connectivity index (χ2v) is 7.36. The molecule has 6 atom stereocenters. The number of aromatic nitrogens is 1. The Bertz CT molecular complexity index is 835. The van der Waals surface area contributed by atoms with Crippen LogP contribution in [-0.2, 0) is 0 Å². The zero-order chi connectivity index (χ0) is 16.5. The summed E-state index contributed by atoms with van der Waals surface area (Å²) in [7, 11) is 1.66. The number of pyridine rings is 1. The molecule has 5 rings (SSSR count). The fourth-order valence-electron chi connectivity index (χ4n) is 5.47. The molecule has 24 heavy (non-hydrogen) atoms. The Morgan fingerprint density at radius 2 is 2.33 bits per heavy atom. The predicted octanol–water partition coefficient (Wildman–Crippen LogP) is 2.93. The van der Waals surface area contributed by atoms with Crippen molar-refractivity contribution in [3.63, 3.8) is 0 Å². The standard InChI is InChI=1S/C20H22N2O2/c1-3-12-11-20-16(12)7-9-22(20)19(20)18(23)14-6-8-21-17-5-4-13(24-2)10-15(14)17/h3-6,8,10,12,16,18-19,23H,1,7,9,11H2,2H3/t12?,16?,18-,19?,20?,22?/m1/s1. The number of fused-ring (bicyclic) bond motifs is 1. The van der Waals surface area contributed by atoms with Gasteiger partial charge in [-0.1, -0.05) is 6.08 Å². The summed E-state index contributed by atoms with van der Waals surface area (Å²) >= 11 is 0. The molecule has 3 aliphatic rings. The molecule has 3 fully saturated rings. The highest BCUT2D eigenvalue weighted by molar-refractivity contribution is 5.84. The lowest BCUT2D eigenvalue weighted by Crippen LogP contribution is -2.45. The van der Waals surface area contributed by atoms with Crippen LogP contribution in [0.25, 0.3) is 10.9 Å². The number of rotatable bonds is 4. The molecule has 4 nitrogen and oxygen atoms in total. The Labute approximate surface area is 141 Å². The van der Waals surface area contributed by atoms with Crippen LogP contribution in [0.4, 0.5) is 0 Å². The number of ether oxygens (including phenoxy) is 1. The van der Waals surface area contributed by atoms with Gasteiger partial charge in [-0.15, -0.1) is 6.58 Å². The molecule has 0 radical (unpaired) electrons. The summed E-state index contributed by atoms with van der Waals surface area (Å²) in [6.45, 7) is 5.08. The highest BCUT2D eigenvalue weighted by Crippen LogP contribution is 2.69. The van der Waals surface area contributed by atoms with Gasteiger partial charge in [-0.25, -0.2) is 0 Å². The van der Waals surface area contributed by atoms with Crippen LogP contribution < -0.4 is 4.74 Å². The van der Waals surface area contributed by atoms with Crippen LogP contribution in [0.3, 0.4) is 0 Å². The third kappa shape index (κ3) is 1.63. The van der Waals surface area contributed by atoms with E-state index in [1.165, 1.54) is 6.42 Å². The number of hydrogen-bond acceptors (Lipinski definition) is 4. The van der Waals surface area contributed by atoms with Gasteiger partial charge in [-0.05, 0) is 61.1 Å². The van der Waals surface area contributed by atoms with Crippen molar-refractivity contribution in [2.45, 2.75) is 30.5 Å². The first-order valence-electron chi connectivity index (χ1n) is 8.70. The molecule has 1 aliphatic carbocycles. The topological polar surface area (TPSA) is 45.4 Å². The maximum atomic E-state index is 11.2. The van der Waals surface area contributed by atoms with E-state index in [-0.39, 0.29) is 11.6 Å². The Kier molecular flexibility index (Phi) is 2.89. The molecule has 1 spiro atoms. The lowest BCUT2D eigenvalue weighted by atomic mass is 9.61. The lowest BCUT2D eigenvalue weighted by Gasteiger charge is -2.42. The van der Waals surface area contributed by atoms with E-state index in [0.29, 0.717) is 11.8 Å². The molecule has 2 aliphatic heterocycles. The third-order valence-electron chi connectivity index (χ3n) is 6.62. The van der Waals surface area contributed by atoms with Gasteiger partial charge in [0.25, 0.3) is 0 Å². The number of aliphatic hydroxyl groups excluding tert-OH is 1. The molecule has 124 valence electrons. The summed E-state index contributed by atoms with van der Waals surface area (Å²) in [6.07, 6.45) is 5.81. The van der Waals surface area contributed by atoms with E-state index in [1.54, 1.807) is 13.3 Å². The highest BCUT2D eigenvalue weighted by Gasteiger charge is 2.77. The molecule has 4 heteroatoms. The van der Waals surface area contributed by atoms with Gasteiger partial charge < -0.3 is 9.84 Å². The van der Waals surface area contributed by atoms with Crippen LogP contribution in [0.5, 0.6) is 5.75 Å². The maximum Gasteiger partial charge on any atom is 0.119 e. The number of aliphatic hydroxyl groups is 1. The molecule has 1 N–H and O–H groups in total. The third-order valence-corrected chi connectivity index (χ3v) is 6.62. The molecular weight excluding hydrogens is 300 g/mol. The summed E-state index contributed by atoms with van der Waals surface area (Å²) in [5, 5.41) is 12.2. The predicted molar refractivity (Wildman–Crippen MR) is 92.9 cm³/mol. The van der Waals surface area contributed by atoms with Gasteiger partial charge >= 0.3 is 0 Å². The Morgan fingerprint density at radius 1 is 1.46 bits per heavy atom. The largest absolute Gasteiger partial charge is 0.497 e. The molecule has 2 aromatic rings. The van der Waals surface area contributed by atoms with Crippen LogP contribution in [0, 0.1) is 11.8 Å². The van der Waals surface area contributed by atoms with E-state index in [0.717, 1.165) is 35.2 Å². The van der Waals surface area contributed by atoms with Crippen molar-refractivity contribution in [2.75, 3.05) is 13.7 Å². The van der Waals surface area contributed by atoms with Crippen molar-refractivity contribution in [2.24, 2.45) is 11.8 Å². The molecular formula is C20H22N2O2. The van der Waals surface area contributed by atoms with Crippen LogP contribution in [0.15, 0.2) is 43.1 Å². The number of piperidine rings is 1. The molecule has 1 aromatic carbocycles. The zero-order valence-corrected chi connectivity index (χ0v) is 13.9. The van der Waals surface area contributed by atoms with Gasteiger partial charge in [-0.3, -0.25) is 9.88 Å². The average molecular weight is 322 g/mol. The van der Waals surface area contributed by atoms with Crippen LogP contribution in [0.2, 0.25) is 0 Å². The van der Waals surface area contributed by atoms with Crippen LogP contribution in [-0.4, -0.2) is 40.2 Å². The smallest absolute Gasteiger partial charge is 0.119 e. The fraction of sp³-hybridized carbons (Fsp3) is 0.450. The SMILES string of the molecule is C=CC1CC23C1CCN2C3[C@H](O)c1ccnc2ccc(OC)cc12. The van der Waals surface area contributed by atoms with Crippen LogP contribution >= 0.6 is 0 Å². The normalized spacial score (nSPS) is 37.2. The number of methoxy groups -OCH3 is 1. The van der Waals surface area contributed by atoms with Crippen molar-refractivity contribution in [3.8, 4) is 5.75 Å². The highest BCUT2D eigenvalue weighted by atomic mass is 16.5. The molecule has 1 saturated carbocycles. The number of benzene rings is 1. The minimum atomic E-state index is -0.476. The summed E-state index contributed by atoms with van der Waals surface area (Å²) in [6, 6.07) is 8.05. The van der Waals surface area contributed by atoms with Crippen molar-refractivity contribution < 1.29 is 9.84 Å². The molecule has 5 unspecified atom stereocenters. The molecule has 3 heterocycles. The quantitative estimate of drug-likeness (QED) is 0.694. The fourth-order valence-corrected chi connectivity index (χ4v) is 5.47. The van der Waals surface area contributed by atoms with Crippen molar-refractivity contribution in [1.29, 1.82) is 0 Å². The minimum absolute atomic E-state index is 0.229. The van der Waals surface area contributed by atoms with Gasteiger partial charge in [0.15, 0.2) is 0 Å². The van der Waals surface area contributed by atoms with E-state index in [9.17, 15) is 5.11 Å². The van der Waals surface area contributed by atoms with Crippen molar-refractivity contribution in [1.82, 2.24) is 9.88 Å². The second kappa shape index (κ2) is 4.80. The lowest BCUT2D eigenvalue weighted by molar-refractivity contribution is 0.108. The zero-order valence-electron chi connectivity index (χ0n) is 13.9. The van der Waals surface area contributed by atoms with Crippen LogP contribution in [0.1, 0.15) is 24.5 Å².